The van der Waals surface area contributed by atoms with Gasteiger partial charge in [0.25, 0.3) is 0 Å². The van der Waals surface area contributed by atoms with Gasteiger partial charge in [0.15, 0.2) is 0 Å². The van der Waals surface area contributed by atoms with E-state index in [4.69, 9.17) is 9.47 Å². The molecule has 1 aliphatic rings. The number of aliphatic hydroxyl groups is 2. The third kappa shape index (κ3) is 9.44. The first-order valence-corrected chi connectivity index (χ1v) is 16.5. The van der Waals surface area contributed by atoms with Crippen LogP contribution in [0.25, 0.3) is 0 Å². The fraction of sp³-hybridized carbons (Fsp3) is 0.750. The van der Waals surface area contributed by atoms with Crippen LogP contribution in [-0.2, 0) is 23.9 Å². The monoisotopic (exact) mass is 617 g/mol. The molecule has 2 rings (SSSR count). The molecule has 1 aliphatic heterocycles. The lowest BCUT2D eigenvalue weighted by Crippen LogP contribution is -2.50. The highest BCUT2D eigenvalue weighted by molar-refractivity contribution is 5.84. The summed E-state index contributed by atoms with van der Waals surface area (Å²) in [5, 5.41) is 21.3. The molecule has 10 atom stereocenters. The summed E-state index contributed by atoms with van der Waals surface area (Å²) >= 11 is 0. The lowest BCUT2D eigenvalue weighted by molar-refractivity contribution is -0.145. The molecular weight excluding hydrogens is 558 g/mol. The Morgan fingerprint density at radius 1 is 0.955 bits per heavy atom. The number of rotatable bonds is 18. The molecule has 0 bridgehead atoms. The number of likely N-dealkylation sites (tertiary alicyclic amines) is 1. The van der Waals surface area contributed by atoms with Crippen LogP contribution in [0.15, 0.2) is 30.3 Å². The number of ketones is 2. The molecule has 8 nitrogen and oxygen atoms in total. The van der Waals surface area contributed by atoms with Crippen LogP contribution in [0.2, 0.25) is 0 Å². The van der Waals surface area contributed by atoms with Crippen molar-refractivity contribution in [1.82, 2.24) is 4.90 Å². The van der Waals surface area contributed by atoms with Gasteiger partial charge in [-0.1, -0.05) is 78.3 Å². The maximum Gasteiger partial charge on any atom is 0.225 e. The minimum Gasteiger partial charge on any atom is -0.390 e. The lowest BCUT2D eigenvalue weighted by atomic mass is 9.71. The van der Waals surface area contributed by atoms with Gasteiger partial charge in [-0.2, -0.15) is 0 Å². The van der Waals surface area contributed by atoms with Crippen molar-refractivity contribution in [3.05, 3.63) is 35.9 Å². The van der Waals surface area contributed by atoms with Crippen LogP contribution >= 0.6 is 0 Å². The van der Waals surface area contributed by atoms with Crippen LogP contribution in [0.4, 0.5) is 0 Å². The maximum absolute atomic E-state index is 13.9. The molecule has 0 spiro atoms. The first-order valence-electron chi connectivity index (χ1n) is 16.5. The number of nitrogens with zero attached hydrogens (tertiary/aromatic N) is 1. The summed E-state index contributed by atoms with van der Waals surface area (Å²) in [5.41, 5.74) is -0.363. The molecule has 0 radical (unpaired) electrons. The van der Waals surface area contributed by atoms with Crippen molar-refractivity contribution < 1.29 is 34.1 Å². The van der Waals surface area contributed by atoms with Gasteiger partial charge in [0.2, 0.25) is 5.91 Å². The van der Waals surface area contributed by atoms with Crippen LogP contribution in [0.1, 0.15) is 99.2 Å². The molecule has 0 saturated carbocycles. The van der Waals surface area contributed by atoms with Crippen LogP contribution in [0.5, 0.6) is 0 Å². The summed E-state index contributed by atoms with van der Waals surface area (Å²) in [6, 6.07) is 9.10. The first kappa shape index (κ1) is 38.1. The summed E-state index contributed by atoms with van der Waals surface area (Å²) in [4.78, 5) is 42.7. The van der Waals surface area contributed by atoms with Crippen molar-refractivity contribution in [3.63, 3.8) is 0 Å². The van der Waals surface area contributed by atoms with Gasteiger partial charge in [-0.25, -0.2) is 0 Å². The van der Waals surface area contributed by atoms with E-state index in [0.717, 1.165) is 24.8 Å². The number of Topliss-reactive ketones (excluding diaryl/α,β-unsaturated/α-hetero) is 2. The highest BCUT2D eigenvalue weighted by Crippen LogP contribution is 2.36. The van der Waals surface area contributed by atoms with Crippen molar-refractivity contribution >= 4 is 17.5 Å². The van der Waals surface area contributed by atoms with E-state index in [2.05, 4.69) is 13.8 Å². The molecule has 1 fully saturated rings. The summed E-state index contributed by atoms with van der Waals surface area (Å²) in [7, 11) is 3.18. The zero-order valence-corrected chi connectivity index (χ0v) is 28.8. The van der Waals surface area contributed by atoms with E-state index in [1.54, 1.807) is 35.0 Å². The molecule has 0 aromatic heterocycles. The van der Waals surface area contributed by atoms with Crippen molar-refractivity contribution in [2.24, 2.45) is 35.5 Å². The minimum atomic E-state index is -1.15. The van der Waals surface area contributed by atoms with Crippen molar-refractivity contribution in [1.29, 1.82) is 0 Å². The highest BCUT2D eigenvalue weighted by Gasteiger charge is 2.43. The molecule has 8 heteroatoms. The zero-order valence-electron chi connectivity index (χ0n) is 28.8. The number of benzene rings is 1. The van der Waals surface area contributed by atoms with Gasteiger partial charge in [0.05, 0.1) is 36.4 Å². The Hall–Kier alpha value is -2.13. The zero-order chi connectivity index (χ0) is 33.4. The molecule has 1 saturated heterocycles. The average molecular weight is 618 g/mol. The number of carbonyl (C=O) groups is 3. The van der Waals surface area contributed by atoms with Gasteiger partial charge >= 0.3 is 0 Å². The van der Waals surface area contributed by atoms with E-state index < -0.39 is 41.7 Å². The van der Waals surface area contributed by atoms with E-state index in [9.17, 15) is 24.6 Å². The smallest absolute Gasteiger partial charge is 0.225 e. The lowest BCUT2D eigenvalue weighted by Gasteiger charge is -2.39. The largest absolute Gasteiger partial charge is 0.390 e. The minimum absolute atomic E-state index is 0.00139. The predicted molar refractivity (Wildman–Crippen MR) is 173 cm³/mol. The quantitative estimate of drug-likeness (QED) is 0.219. The van der Waals surface area contributed by atoms with Crippen molar-refractivity contribution in [2.75, 3.05) is 20.8 Å². The third-order valence-electron chi connectivity index (χ3n) is 10.4. The molecule has 2 N–H and O–H groups in total. The summed E-state index contributed by atoms with van der Waals surface area (Å²) < 4.78 is 11.9. The second-order valence-corrected chi connectivity index (χ2v) is 13.8. The second-order valence-electron chi connectivity index (χ2n) is 13.8. The molecule has 1 aromatic rings. The summed E-state index contributed by atoms with van der Waals surface area (Å²) in [6.07, 6.45) is 0.983. The van der Waals surface area contributed by atoms with E-state index in [0.29, 0.717) is 6.54 Å². The van der Waals surface area contributed by atoms with Gasteiger partial charge < -0.3 is 24.6 Å². The van der Waals surface area contributed by atoms with Gasteiger partial charge in [-0.15, -0.1) is 0 Å². The highest BCUT2D eigenvalue weighted by atomic mass is 16.5. The molecular formula is C36H59NO7. The summed E-state index contributed by atoms with van der Waals surface area (Å²) in [5.74, 6) is -1.89. The van der Waals surface area contributed by atoms with Gasteiger partial charge in [0, 0.05) is 44.9 Å². The SMILES string of the molecule is CC[C@H](C)[C@H](C(C)C(=O)[C@@H](C)C(C)(C)O)[C@@H](CC(=O)N1CCC[C@H]1[C@H](OC)[C@@H](C)C(=O)C[C@H](C)[C@@H](O)c1ccccc1)OC. The van der Waals surface area contributed by atoms with Crippen LogP contribution < -0.4 is 0 Å². The third-order valence-corrected chi connectivity index (χ3v) is 10.4. The number of aliphatic hydroxyl groups excluding tert-OH is 1. The number of ether oxygens (including phenoxy) is 2. The average Bonchev–Trinajstić information content (AvgIpc) is 3.49. The summed E-state index contributed by atoms with van der Waals surface area (Å²) in [6.45, 7) is 15.4. The number of amides is 1. The normalized spacial score (nSPS) is 21.9. The Morgan fingerprint density at radius 3 is 2.09 bits per heavy atom. The number of hydrogen-bond acceptors (Lipinski definition) is 7. The van der Waals surface area contributed by atoms with E-state index in [1.807, 2.05) is 56.0 Å². The number of hydrogen-bond donors (Lipinski definition) is 2. The Kier molecular flexibility index (Phi) is 14.7. The number of methoxy groups -OCH3 is 2. The van der Waals surface area contributed by atoms with Gasteiger partial charge in [0.1, 0.15) is 11.6 Å². The standard InChI is InChI=1S/C36H59NO7/c1-11-22(2)32(25(5)34(41)26(6)36(7,8)42)30(43-9)21-31(39)37-19-15-18-28(37)35(44-10)24(4)29(38)20-23(3)33(40)27-16-13-12-14-17-27/h12-14,16-17,22-26,28,30,32-33,35,40,42H,11,15,18-21H2,1-10H3/t22-,23-,24-,25?,26+,28-,30+,32+,33+,35+/m0/s1. The Balaban J connectivity index is 2.19. The van der Waals surface area contributed by atoms with E-state index in [1.165, 1.54) is 0 Å². The van der Waals surface area contributed by atoms with E-state index >= 15 is 0 Å². The van der Waals surface area contributed by atoms with Crippen molar-refractivity contribution in [3.8, 4) is 0 Å². The van der Waals surface area contributed by atoms with Crippen LogP contribution in [-0.4, -0.2) is 77.2 Å². The molecule has 250 valence electrons. The molecule has 1 unspecified atom stereocenters. The Morgan fingerprint density at radius 2 is 1.57 bits per heavy atom. The molecule has 44 heavy (non-hydrogen) atoms. The van der Waals surface area contributed by atoms with Gasteiger partial charge in [-0.3, -0.25) is 14.4 Å². The maximum atomic E-state index is 13.9. The van der Waals surface area contributed by atoms with Crippen molar-refractivity contribution in [2.45, 2.75) is 117 Å². The molecule has 0 aliphatic carbocycles. The van der Waals surface area contributed by atoms with Gasteiger partial charge in [-0.05, 0) is 50.0 Å². The number of carbonyl (C=O) groups excluding carboxylic acids is 3. The Labute approximate surface area is 265 Å². The Bertz CT molecular complexity index is 1050. The van der Waals surface area contributed by atoms with Crippen LogP contribution in [0.3, 0.4) is 0 Å². The second kappa shape index (κ2) is 17.0. The molecule has 1 amide bonds. The topological polar surface area (TPSA) is 113 Å². The predicted octanol–water partition coefficient (Wildman–Crippen LogP) is 5.64. The fourth-order valence-corrected chi connectivity index (χ4v) is 6.97. The molecule has 1 aromatic carbocycles. The van der Waals surface area contributed by atoms with Crippen LogP contribution in [0, 0.1) is 35.5 Å². The van der Waals surface area contributed by atoms with E-state index in [-0.39, 0.29) is 54.1 Å². The molecule has 1 heterocycles. The first-order chi connectivity index (χ1) is 20.6. The fourth-order valence-electron chi connectivity index (χ4n) is 6.97.